The van der Waals surface area contributed by atoms with Gasteiger partial charge < -0.3 is 5.21 Å². The first-order chi connectivity index (χ1) is 5.59. The van der Waals surface area contributed by atoms with Crippen LogP contribution in [0.3, 0.4) is 0 Å². The molecule has 0 bridgehead atoms. The summed E-state index contributed by atoms with van der Waals surface area (Å²) in [4.78, 5) is 0. The molecule has 0 radical (unpaired) electrons. The lowest BCUT2D eigenvalue weighted by molar-refractivity contribution is -0.0732. The maximum atomic E-state index is 12.6. The second kappa shape index (κ2) is 3.60. The summed E-state index contributed by atoms with van der Waals surface area (Å²) >= 11 is 0. The van der Waals surface area contributed by atoms with Crippen LogP contribution in [-0.2, 0) is 6.54 Å². The average molecular weight is 173 g/mol. The lowest BCUT2D eigenvalue weighted by Crippen LogP contribution is -2.11. The molecule has 1 aromatic carbocycles. The highest BCUT2D eigenvalue weighted by atomic mass is 19.2. The first-order valence-electron chi connectivity index (χ1n) is 3.43. The van der Waals surface area contributed by atoms with E-state index < -0.39 is 11.6 Å². The lowest BCUT2D eigenvalue weighted by atomic mass is 10.2. The molecule has 0 aromatic heterocycles. The molecule has 0 atom stereocenters. The molecule has 66 valence electrons. The van der Waals surface area contributed by atoms with Gasteiger partial charge in [0.15, 0.2) is 11.6 Å². The minimum absolute atomic E-state index is 0.178. The van der Waals surface area contributed by atoms with E-state index in [2.05, 4.69) is 0 Å². The third-order valence-electron chi connectivity index (χ3n) is 1.40. The van der Waals surface area contributed by atoms with Crippen molar-refractivity contribution in [1.82, 2.24) is 5.06 Å². The molecule has 1 N–H and O–H groups in total. The van der Waals surface area contributed by atoms with Gasteiger partial charge in [-0.3, -0.25) is 0 Å². The molecule has 0 aliphatic carbocycles. The molecule has 1 rings (SSSR count). The van der Waals surface area contributed by atoms with Gasteiger partial charge in [0.05, 0.1) is 0 Å². The van der Waals surface area contributed by atoms with Crippen LogP contribution in [0.4, 0.5) is 8.78 Å². The third kappa shape index (κ3) is 2.25. The Balaban J connectivity index is 2.82. The van der Waals surface area contributed by atoms with Crippen molar-refractivity contribution in [3.63, 3.8) is 0 Å². The predicted molar refractivity (Wildman–Crippen MR) is 39.6 cm³/mol. The zero-order valence-electron chi connectivity index (χ0n) is 6.59. The standard InChI is InChI=1S/C8H9F2NO/c1-11(12)5-6-2-3-7(9)8(10)4-6/h2-4,12H,5H2,1H3. The van der Waals surface area contributed by atoms with Crippen molar-refractivity contribution in [2.24, 2.45) is 0 Å². The smallest absolute Gasteiger partial charge is 0.159 e. The molecule has 0 aliphatic heterocycles. The van der Waals surface area contributed by atoms with E-state index in [1.165, 1.54) is 13.1 Å². The van der Waals surface area contributed by atoms with Gasteiger partial charge >= 0.3 is 0 Å². The van der Waals surface area contributed by atoms with Crippen LogP contribution in [0.1, 0.15) is 5.56 Å². The Hall–Kier alpha value is -1.00. The molecule has 0 saturated heterocycles. The van der Waals surface area contributed by atoms with Crippen LogP contribution >= 0.6 is 0 Å². The molecule has 1 aromatic rings. The van der Waals surface area contributed by atoms with Gasteiger partial charge in [-0.15, -0.1) is 0 Å². The molecule has 0 heterocycles. The quantitative estimate of drug-likeness (QED) is 0.689. The van der Waals surface area contributed by atoms with Crippen molar-refractivity contribution in [3.8, 4) is 0 Å². The summed E-state index contributed by atoms with van der Waals surface area (Å²) in [6.07, 6.45) is 0. The Kier molecular flexibility index (Phi) is 2.73. The fraction of sp³-hybridized carbons (Fsp3) is 0.250. The van der Waals surface area contributed by atoms with E-state index in [1.54, 1.807) is 0 Å². The second-order valence-electron chi connectivity index (χ2n) is 2.56. The number of halogens is 2. The van der Waals surface area contributed by atoms with Crippen LogP contribution in [0, 0.1) is 11.6 Å². The molecule has 0 aliphatic rings. The third-order valence-corrected chi connectivity index (χ3v) is 1.40. The number of hydroxylamine groups is 2. The summed E-state index contributed by atoms with van der Waals surface area (Å²) in [6, 6.07) is 3.52. The zero-order chi connectivity index (χ0) is 9.14. The van der Waals surface area contributed by atoms with Gasteiger partial charge in [-0.2, -0.15) is 5.06 Å². The maximum Gasteiger partial charge on any atom is 0.159 e. The molecule has 4 heteroatoms. The first kappa shape index (κ1) is 9.09. The summed E-state index contributed by atoms with van der Waals surface area (Å²) in [6.45, 7) is 0.178. The summed E-state index contributed by atoms with van der Waals surface area (Å²) in [7, 11) is 1.43. The lowest BCUT2D eigenvalue weighted by Gasteiger charge is -2.07. The summed E-state index contributed by atoms with van der Waals surface area (Å²) < 4.78 is 24.9. The number of hydrogen-bond donors (Lipinski definition) is 1. The van der Waals surface area contributed by atoms with Gasteiger partial charge in [-0.25, -0.2) is 8.78 Å². The van der Waals surface area contributed by atoms with E-state index in [-0.39, 0.29) is 6.54 Å². The van der Waals surface area contributed by atoms with Gasteiger partial charge in [-0.05, 0) is 17.7 Å². The minimum Gasteiger partial charge on any atom is -0.314 e. The van der Waals surface area contributed by atoms with E-state index in [0.717, 1.165) is 17.2 Å². The molecule has 0 saturated carbocycles. The van der Waals surface area contributed by atoms with Crippen molar-refractivity contribution in [2.45, 2.75) is 6.54 Å². The Bertz CT molecular complexity index is 276. The Morgan fingerprint density at radius 1 is 1.33 bits per heavy atom. The normalized spacial score (nSPS) is 10.8. The SMILES string of the molecule is CN(O)Cc1ccc(F)c(F)c1. The number of rotatable bonds is 2. The van der Waals surface area contributed by atoms with Crippen molar-refractivity contribution in [2.75, 3.05) is 7.05 Å². The fourth-order valence-corrected chi connectivity index (χ4v) is 0.902. The number of hydrogen-bond acceptors (Lipinski definition) is 2. The second-order valence-corrected chi connectivity index (χ2v) is 2.56. The molecular weight excluding hydrogens is 164 g/mol. The Morgan fingerprint density at radius 2 is 2.00 bits per heavy atom. The fourth-order valence-electron chi connectivity index (χ4n) is 0.902. The Labute approximate surface area is 69.0 Å². The van der Waals surface area contributed by atoms with Crippen LogP contribution in [-0.4, -0.2) is 17.3 Å². The van der Waals surface area contributed by atoms with Crippen LogP contribution in [0.25, 0.3) is 0 Å². The van der Waals surface area contributed by atoms with E-state index in [9.17, 15) is 8.78 Å². The molecule has 0 unspecified atom stereocenters. The van der Waals surface area contributed by atoms with Crippen LogP contribution < -0.4 is 0 Å². The largest absolute Gasteiger partial charge is 0.314 e. The van der Waals surface area contributed by atoms with Crippen molar-refractivity contribution in [1.29, 1.82) is 0 Å². The average Bonchev–Trinajstić information content (AvgIpc) is 1.96. The van der Waals surface area contributed by atoms with Gasteiger partial charge in [0.2, 0.25) is 0 Å². The van der Waals surface area contributed by atoms with Crippen molar-refractivity contribution >= 4 is 0 Å². The van der Waals surface area contributed by atoms with Crippen molar-refractivity contribution < 1.29 is 14.0 Å². The molecule has 2 nitrogen and oxygen atoms in total. The highest BCUT2D eigenvalue weighted by molar-refractivity contribution is 5.17. The molecular formula is C8H9F2NO. The first-order valence-corrected chi connectivity index (χ1v) is 3.43. The van der Waals surface area contributed by atoms with Gasteiger partial charge in [0.25, 0.3) is 0 Å². The molecule has 12 heavy (non-hydrogen) atoms. The zero-order valence-corrected chi connectivity index (χ0v) is 6.59. The van der Waals surface area contributed by atoms with Crippen LogP contribution in [0.15, 0.2) is 18.2 Å². The van der Waals surface area contributed by atoms with Crippen molar-refractivity contribution in [3.05, 3.63) is 35.4 Å². The minimum atomic E-state index is -0.894. The van der Waals surface area contributed by atoms with Crippen LogP contribution in [0.2, 0.25) is 0 Å². The number of benzene rings is 1. The van der Waals surface area contributed by atoms with E-state index in [1.807, 2.05) is 0 Å². The number of nitrogens with zero attached hydrogens (tertiary/aromatic N) is 1. The molecule has 0 spiro atoms. The predicted octanol–water partition coefficient (Wildman–Crippen LogP) is 1.79. The monoisotopic (exact) mass is 173 g/mol. The highest BCUT2D eigenvalue weighted by Gasteiger charge is 2.02. The molecule has 0 amide bonds. The van der Waals surface area contributed by atoms with Gasteiger partial charge in [0.1, 0.15) is 0 Å². The topological polar surface area (TPSA) is 23.5 Å². The summed E-state index contributed by atoms with van der Waals surface area (Å²) in [5, 5.41) is 9.68. The summed E-state index contributed by atoms with van der Waals surface area (Å²) in [5.74, 6) is -1.77. The van der Waals surface area contributed by atoms with E-state index >= 15 is 0 Å². The van der Waals surface area contributed by atoms with E-state index in [4.69, 9.17) is 5.21 Å². The van der Waals surface area contributed by atoms with Gasteiger partial charge in [-0.1, -0.05) is 6.07 Å². The van der Waals surface area contributed by atoms with E-state index in [0.29, 0.717) is 5.56 Å². The van der Waals surface area contributed by atoms with Crippen LogP contribution in [0.5, 0.6) is 0 Å². The highest BCUT2D eigenvalue weighted by Crippen LogP contribution is 2.09. The molecule has 0 fully saturated rings. The summed E-state index contributed by atoms with van der Waals surface area (Å²) in [5.41, 5.74) is 0.527. The Morgan fingerprint density at radius 3 is 2.50 bits per heavy atom. The maximum absolute atomic E-state index is 12.6. The van der Waals surface area contributed by atoms with Gasteiger partial charge in [0, 0.05) is 13.6 Å².